The molecule has 8 nitrogen and oxygen atoms in total. The summed E-state index contributed by atoms with van der Waals surface area (Å²) in [5.41, 5.74) is 0. The van der Waals surface area contributed by atoms with Crippen molar-refractivity contribution in [2.45, 2.75) is 129 Å². The fourth-order valence-corrected chi connectivity index (χ4v) is 5.67. The number of nitrogens with zero attached hydrogens (tertiary/aromatic N) is 1. The van der Waals surface area contributed by atoms with Crippen LogP contribution in [-0.4, -0.2) is 72.6 Å². The van der Waals surface area contributed by atoms with E-state index in [9.17, 15) is 14.4 Å². The summed E-state index contributed by atoms with van der Waals surface area (Å²) >= 11 is 0. The highest BCUT2D eigenvalue weighted by atomic mass is 16.5. The van der Waals surface area contributed by atoms with Gasteiger partial charge in [0.2, 0.25) is 17.7 Å². The molecule has 3 N–H and O–H groups in total. The Balaban J connectivity index is 1.80. The Hall–Kier alpha value is -1.67. The normalized spacial score (nSPS) is 36.5. The van der Waals surface area contributed by atoms with Crippen molar-refractivity contribution in [1.82, 2.24) is 20.9 Å². The predicted molar refractivity (Wildman–Crippen MR) is 141 cm³/mol. The van der Waals surface area contributed by atoms with E-state index in [1.165, 1.54) is 17.7 Å². The Morgan fingerprint density at radius 1 is 0.889 bits per heavy atom. The first-order valence-corrected chi connectivity index (χ1v) is 14.3. The van der Waals surface area contributed by atoms with E-state index < -0.39 is 12.1 Å². The highest BCUT2D eigenvalue weighted by molar-refractivity contribution is 5.93. The van der Waals surface area contributed by atoms with Crippen LogP contribution in [0.4, 0.5) is 0 Å². The molecule has 3 rings (SSSR count). The second kappa shape index (κ2) is 13.2. The number of ether oxygens (including phenoxy) is 1. The first kappa shape index (κ1) is 28.9. The van der Waals surface area contributed by atoms with Gasteiger partial charge < -0.3 is 25.6 Å². The second-order valence-corrected chi connectivity index (χ2v) is 12.1. The maximum Gasteiger partial charge on any atom is 0.243 e. The quantitative estimate of drug-likeness (QED) is 0.547. The number of rotatable bonds is 3. The van der Waals surface area contributed by atoms with E-state index in [0.29, 0.717) is 24.8 Å². The van der Waals surface area contributed by atoms with Gasteiger partial charge in [0.1, 0.15) is 12.1 Å². The van der Waals surface area contributed by atoms with Crippen LogP contribution in [0.2, 0.25) is 0 Å². The number of hydrogen-bond acceptors (Lipinski definition) is 5. The van der Waals surface area contributed by atoms with Gasteiger partial charge in [0.25, 0.3) is 0 Å². The van der Waals surface area contributed by atoms with Gasteiger partial charge in [-0.3, -0.25) is 14.4 Å². The molecule has 0 radical (unpaired) electrons. The number of fused-ring (bicyclic) bond motifs is 1. The maximum atomic E-state index is 13.4. The average molecular weight is 507 g/mol. The van der Waals surface area contributed by atoms with Crippen molar-refractivity contribution in [3.63, 3.8) is 0 Å². The van der Waals surface area contributed by atoms with Crippen LogP contribution >= 0.6 is 0 Å². The Morgan fingerprint density at radius 3 is 2.22 bits per heavy atom. The minimum atomic E-state index is -0.670. The molecule has 0 spiro atoms. The molecular weight excluding hydrogens is 456 g/mol. The number of hydrogen-bond donors (Lipinski definition) is 3. The first-order chi connectivity index (χ1) is 17.1. The number of likely N-dealkylation sites (N-methyl/N-ethyl adjacent to an activating group) is 1. The highest BCUT2D eigenvalue weighted by Gasteiger charge is 2.40. The molecule has 3 aliphatic rings. The minimum Gasteiger partial charge on any atom is -0.374 e. The highest BCUT2D eigenvalue weighted by Crippen LogP contribution is 2.34. The molecule has 206 valence electrons. The fourth-order valence-electron chi connectivity index (χ4n) is 5.67. The molecule has 2 saturated carbocycles. The lowest BCUT2D eigenvalue weighted by Crippen LogP contribution is -2.57. The largest absolute Gasteiger partial charge is 0.374 e. The van der Waals surface area contributed by atoms with Crippen LogP contribution in [0.5, 0.6) is 0 Å². The van der Waals surface area contributed by atoms with Crippen LogP contribution < -0.4 is 16.0 Å². The van der Waals surface area contributed by atoms with E-state index in [1.807, 2.05) is 20.8 Å². The summed E-state index contributed by atoms with van der Waals surface area (Å²) in [7, 11) is 1.69. The molecule has 2 unspecified atom stereocenters. The Bertz CT molecular complexity index is 756. The summed E-state index contributed by atoms with van der Waals surface area (Å²) in [6.07, 6.45) is 9.37. The predicted octanol–water partition coefficient (Wildman–Crippen LogP) is 2.99. The molecule has 2 aliphatic carbocycles. The topological polar surface area (TPSA) is 99.8 Å². The molecule has 3 amide bonds. The van der Waals surface area contributed by atoms with Crippen LogP contribution in [0, 0.1) is 17.8 Å². The van der Waals surface area contributed by atoms with Gasteiger partial charge in [-0.2, -0.15) is 0 Å². The third-order valence-electron chi connectivity index (χ3n) is 8.24. The van der Waals surface area contributed by atoms with E-state index in [1.54, 1.807) is 14.0 Å². The smallest absolute Gasteiger partial charge is 0.243 e. The molecular formula is C28H50N4O4. The summed E-state index contributed by atoms with van der Waals surface area (Å²) in [5.74, 6) is 0.526. The van der Waals surface area contributed by atoms with Crippen LogP contribution in [0.15, 0.2) is 0 Å². The number of carbonyl (C=O) groups excluding carboxylic acids is 3. The molecule has 0 bridgehead atoms. The van der Waals surface area contributed by atoms with Gasteiger partial charge in [-0.05, 0) is 83.5 Å². The van der Waals surface area contributed by atoms with E-state index in [-0.39, 0.29) is 47.9 Å². The third-order valence-corrected chi connectivity index (χ3v) is 8.24. The van der Waals surface area contributed by atoms with Crippen LogP contribution in [0.1, 0.15) is 92.4 Å². The Kier molecular flexibility index (Phi) is 10.6. The monoisotopic (exact) mass is 506 g/mol. The lowest BCUT2D eigenvalue weighted by Gasteiger charge is -2.35. The van der Waals surface area contributed by atoms with Gasteiger partial charge in [0, 0.05) is 19.6 Å². The van der Waals surface area contributed by atoms with Crippen molar-refractivity contribution in [2.24, 2.45) is 17.8 Å². The minimum absolute atomic E-state index is 0.00322. The molecule has 1 heterocycles. The van der Waals surface area contributed by atoms with Crippen LogP contribution in [-0.2, 0) is 19.1 Å². The van der Waals surface area contributed by atoms with Crippen molar-refractivity contribution < 1.29 is 19.1 Å². The zero-order chi connectivity index (χ0) is 26.4. The standard InChI is InChI=1S/C28H50N4O4/c1-17(2)15-23-27(34)30-18(3)11-12-21-9-7-8-10-24(21)36-19(4)16-29-25(22-13-14-22)28(35)32(6)20(5)26(33)31-23/h17-25,29H,7-16H2,1-6H3,(H,30,34)(H,31,33)/t18-,19+,20+,21?,23+,24?,25-/m0/s1. The Morgan fingerprint density at radius 2 is 1.56 bits per heavy atom. The van der Waals surface area contributed by atoms with Crippen molar-refractivity contribution in [3.8, 4) is 0 Å². The van der Waals surface area contributed by atoms with E-state index in [0.717, 1.165) is 38.5 Å². The first-order valence-electron chi connectivity index (χ1n) is 14.3. The van der Waals surface area contributed by atoms with Gasteiger partial charge in [-0.25, -0.2) is 0 Å². The molecule has 36 heavy (non-hydrogen) atoms. The lowest BCUT2D eigenvalue weighted by molar-refractivity contribution is -0.141. The second-order valence-electron chi connectivity index (χ2n) is 12.1. The van der Waals surface area contributed by atoms with E-state index in [2.05, 4.69) is 22.9 Å². The van der Waals surface area contributed by atoms with Crippen molar-refractivity contribution in [1.29, 1.82) is 0 Å². The summed E-state index contributed by atoms with van der Waals surface area (Å²) in [6.45, 7) is 10.6. The zero-order valence-electron chi connectivity index (χ0n) is 23.3. The average Bonchev–Trinajstić information content (AvgIpc) is 3.66. The molecule has 0 aromatic heterocycles. The fraction of sp³-hybridized carbons (Fsp3) is 0.893. The third kappa shape index (κ3) is 8.17. The van der Waals surface area contributed by atoms with Gasteiger partial charge in [-0.15, -0.1) is 0 Å². The summed E-state index contributed by atoms with van der Waals surface area (Å²) in [4.78, 5) is 41.3. The molecule has 7 atom stereocenters. The molecule has 1 aliphatic heterocycles. The maximum absolute atomic E-state index is 13.4. The molecule has 8 heteroatoms. The lowest BCUT2D eigenvalue weighted by atomic mass is 9.82. The number of nitrogens with one attached hydrogen (secondary N) is 3. The van der Waals surface area contributed by atoms with E-state index in [4.69, 9.17) is 4.74 Å². The van der Waals surface area contributed by atoms with Crippen LogP contribution in [0.3, 0.4) is 0 Å². The van der Waals surface area contributed by atoms with Gasteiger partial charge >= 0.3 is 0 Å². The molecule has 0 aromatic rings. The Labute approximate surface area is 218 Å². The molecule has 0 aromatic carbocycles. The molecule has 1 saturated heterocycles. The summed E-state index contributed by atoms with van der Waals surface area (Å²) in [5, 5.41) is 9.58. The number of carbonyl (C=O) groups is 3. The van der Waals surface area contributed by atoms with Gasteiger partial charge in [-0.1, -0.05) is 26.7 Å². The van der Waals surface area contributed by atoms with E-state index >= 15 is 0 Å². The number of amides is 3. The summed E-state index contributed by atoms with van der Waals surface area (Å²) in [6, 6.07) is -1.58. The van der Waals surface area contributed by atoms with Gasteiger partial charge in [0.15, 0.2) is 0 Å². The van der Waals surface area contributed by atoms with Gasteiger partial charge in [0.05, 0.1) is 18.2 Å². The summed E-state index contributed by atoms with van der Waals surface area (Å²) < 4.78 is 6.53. The SMILES string of the molecule is CC(C)C[C@H]1NC(=O)[C@@H](C)N(C)C(=O)[C@H](C2CC2)NC[C@@H](C)OC2CCCCC2CC[C@H](C)NC1=O. The van der Waals surface area contributed by atoms with Crippen molar-refractivity contribution >= 4 is 17.7 Å². The van der Waals surface area contributed by atoms with Crippen molar-refractivity contribution in [2.75, 3.05) is 13.6 Å². The molecule has 3 fully saturated rings. The van der Waals surface area contributed by atoms with Crippen molar-refractivity contribution in [3.05, 3.63) is 0 Å². The van der Waals surface area contributed by atoms with Crippen LogP contribution in [0.25, 0.3) is 0 Å². The zero-order valence-corrected chi connectivity index (χ0v) is 23.3.